The fourth-order valence-corrected chi connectivity index (χ4v) is 1.73. The van der Waals surface area contributed by atoms with Crippen LogP contribution in [0.4, 0.5) is 0 Å². The summed E-state index contributed by atoms with van der Waals surface area (Å²) in [7, 11) is 2.03. The monoisotopic (exact) mass is 246 g/mol. The molecule has 1 N–H and O–H groups in total. The molecule has 0 aliphatic rings. The minimum absolute atomic E-state index is 0.315. The maximum Gasteiger partial charge on any atom is 0.335 e. The molecule has 4 heteroatoms. The molecule has 0 aromatic heterocycles. The van der Waals surface area contributed by atoms with Gasteiger partial charge in [0.1, 0.15) is 0 Å². The first-order chi connectivity index (χ1) is 8.63. The summed E-state index contributed by atoms with van der Waals surface area (Å²) < 4.78 is 0. The summed E-state index contributed by atoms with van der Waals surface area (Å²) in [5.41, 5.74) is 1.42. The van der Waals surface area contributed by atoms with Crippen LogP contribution in [0.3, 0.4) is 0 Å². The minimum Gasteiger partial charge on any atom is -0.478 e. The molecule has 96 valence electrons. The van der Waals surface area contributed by atoms with E-state index in [2.05, 4.69) is 11.0 Å². The first-order valence-corrected chi connectivity index (χ1v) is 6.01. The second kappa shape index (κ2) is 7.46. The SMILES string of the molecule is CN(CCCCC#N)Cc1ccc(C(=O)O)cc1. The van der Waals surface area contributed by atoms with Crippen LogP contribution < -0.4 is 0 Å². The maximum absolute atomic E-state index is 10.7. The lowest BCUT2D eigenvalue weighted by atomic mass is 10.1. The van der Waals surface area contributed by atoms with E-state index in [0.717, 1.165) is 31.5 Å². The number of carboxylic acids is 1. The van der Waals surface area contributed by atoms with Crippen molar-refractivity contribution in [2.75, 3.05) is 13.6 Å². The van der Waals surface area contributed by atoms with E-state index >= 15 is 0 Å². The lowest BCUT2D eigenvalue weighted by molar-refractivity contribution is 0.0697. The molecule has 0 radical (unpaired) electrons. The average molecular weight is 246 g/mol. The number of carbonyl (C=O) groups is 1. The quantitative estimate of drug-likeness (QED) is 0.751. The zero-order valence-electron chi connectivity index (χ0n) is 10.6. The van der Waals surface area contributed by atoms with Crippen LogP contribution in [-0.2, 0) is 6.54 Å². The molecule has 1 aromatic carbocycles. The molecule has 0 unspecified atom stereocenters. The fourth-order valence-electron chi connectivity index (χ4n) is 1.73. The molecule has 0 aliphatic carbocycles. The van der Waals surface area contributed by atoms with Crippen molar-refractivity contribution >= 4 is 5.97 Å². The Morgan fingerprint density at radius 3 is 2.56 bits per heavy atom. The zero-order chi connectivity index (χ0) is 13.4. The molecular formula is C14H18N2O2. The van der Waals surface area contributed by atoms with E-state index in [1.54, 1.807) is 12.1 Å². The van der Waals surface area contributed by atoms with Gasteiger partial charge in [-0.05, 0) is 44.1 Å². The summed E-state index contributed by atoms with van der Waals surface area (Å²) in [6.45, 7) is 1.74. The second-order valence-electron chi connectivity index (χ2n) is 4.36. The van der Waals surface area contributed by atoms with Crippen molar-refractivity contribution in [1.29, 1.82) is 5.26 Å². The lowest BCUT2D eigenvalue weighted by Gasteiger charge is -2.16. The van der Waals surface area contributed by atoms with Gasteiger partial charge in [0.05, 0.1) is 11.6 Å². The summed E-state index contributed by atoms with van der Waals surface area (Å²) >= 11 is 0. The fraction of sp³-hybridized carbons (Fsp3) is 0.429. The van der Waals surface area contributed by atoms with Crippen LogP contribution in [0, 0.1) is 11.3 Å². The summed E-state index contributed by atoms with van der Waals surface area (Å²) in [4.78, 5) is 12.9. The molecule has 18 heavy (non-hydrogen) atoms. The average Bonchev–Trinajstić information content (AvgIpc) is 2.35. The van der Waals surface area contributed by atoms with E-state index in [1.807, 2.05) is 19.2 Å². The van der Waals surface area contributed by atoms with Gasteiger partial charge in [0.15, 0.2) is 0 Å². The van der Waals surface area contributed by atoms with E-state index in [0.29, 0.717) is 12.0 Å². The summed E-state index contributed by atoms with van der Waals surface area (Å²) in [6.07, 6.45) is 2.55. The van der Waals surface area contributed by atoms with Crippen molar-refractivity contribution in [2.24, 2.45) is 0 Å². The van der Waals surface area contributed by atoms with Gasteiger partial charge in [0.2, 0.25) is 0 Å². The van der Waals surface area contributed by atoms with Crippen molar-refractivity contribution in [1.82, 2.24) is 4.90 Å². The van der Waals surface area contributed by atoms with Crippen LogP contribution in [0.15, 0.2) is 24.3 Å². The van der Waals surface area contributed by atoms with Gasteiger partial charge in [-0.25, -0.2) is 4.79 Å². The summed E-state index contributed by atoms with van der Waals surface area (Å²) in [5, 5.41) is 17.2. The first kappa shape index (κ1) is 14.2. The smallest absolute Gasteiger partial charge is 0.335 e. The minimum atomic E-state index is -0.897. The van der Waals surface area contributed by atoms with Gasteiger partial charge < -0.3 is 10.0 Å². The van der Waals surface area contributed by atoms with Crippen molar-refractivity contribution in [3.8, 4) is 6.07 Å². The molecule has 0 amide bonds. The Kier molecular flexibility index (Phi) is 5.89. The number of hydrogen-bond acceptors (Lipinski definition) is 3. The molecule has 1 aromatic rings. The number of hydrogen-bond donors (Lipinski definition) is 1. The van der Waals surface area contributed by atoms with Crippen LogP contribution in [0.2, 0.25) is 0 Å². The van der Waals surface area contributed by atoms with Crippen molar-refractivity contribution in [2.45, 2.75) is 25.8 Å². The van der Waals surface area contributed by atoms with Gasteiger partial charge in [-0.1, -0.05) is 12.1 Å². The number of benzene rings is 1. The molecular weight excluding hydrogens is 228 g/mol. The Morgan fingerprint density at radius 2 is 2.00 bits per heavy atom. The van der Waals surface area contributed by atoms with Crippen LogP contribution in [0.25, 0.3) is 0 Å². The number of aromatic carboxylic acids is 1. The molecule has 0 spiro atoms. The maximum atomic E-state index is 10.7. The Hall–Kier alpha value is -1.86. The molecule has 0 heterocycles. The molecule has 0 atom stereocenters. The highest BCUT2D eigenvalue weighted by Gasteiger charge is 2.03. The highest BCUT2D eigenvalue weighted by molar-refractivity contribution is 5.87. The van der Waals surface area contributed by atoms with Gasteiger partial charge in [-0.15, -0.1) is 0 Å². The van der Waals surface area contributed by atoms with Crippen LogP contribution in [0.1, 0.15) is 35.2 Å². The van der Waals surface area contributed by atoms with Crippen molar-refractivity contribution in [3.05, 3.63) is 35.4 Å². The number of nitriles is 1. The van der Waals surface area contributed by atoms with E-state index in [9.17, 15) is 4.79 Å². The van der Waals surface area contributed by atoms with Gasteiger partial charge >= 0.3 is 5.97 Å². The van der Waals surface area contributed by atoms with Crippen LogP contribution in [-0.4, -0.2) is 29.6 Å². The highest BCUT2D eigenvalue weighted by Crippen LogP contribution is 2.07. The van der Waals surface area contributed by atoms with Gasteiger partial charge in [0.25, 0.3) is 0 Å². The normalized spacial score (nSPS) is 10.3. The summed E-state index contributed by atoms with van der Waals surface area (Å²) in [6, 6.07) is 9.07. The third-order valence-corrected chi connectivity index (χ3v) is 2.73. The number of rotatable bonds is 7. The van der Waals surface area contributed by atoms with E-state index in [-0.39, 0.29) is 0 Å². The van der Waals surface area contributed by atoms with E-state index in [1.165, 1.54) is 0 Å². The summed E-state index contributed by atoms with van der Waals surface area (Å²) in [5.74, 6) is -0.897. The molecule has 0 aliphatic heterocycles. The molecule has 0 saturated heterocycles. The van der Waals surface area contributed by atoms with Gasteiger partial charge in [-0.3, -0.25) is 0 Å². The largest absolute Gasteiger partial charge is 0.478 e. The van der Waals surface area contributed by atoms with Crippen molar-refractivity contribution < 1.29 is 9.90 Å². The Bertz CT molecular complexity index is 420. The molecule has 0 saturated carbocycles. The molecule has 0 fully saturated rings. The van der Waals surface area contributed by atoms with Crippen LogP contribution in [0.5, 0.6) is 0 Å². The Morgan fingerprint density at radius 1 is 1.33 bits per heavy atom. The first-order valence-electron chi connectivity index (χ1n) is 6.01. The Labute approximate surface area is 107 Å². The predicted octanol–water partition coefficient (Wildman–Crippen LogP) is 2.51. The standard InChI is InChI=1S/C14H18N2O2/c1-16(10-4-2-3-9-15)11-12-5-7-13(8-6-12)14(17)18/h5-8H,2-4,10-11H2,1H3,(H,17,18). The number of carboxylic acid groups (broad SMARTS) is 1. The van der Waals surface area contributed by atoms with Crippen LogP contribution >= 0.6 is 0 Å². The topological polar surface area (TPSA) is 64.3 Å². The van der Waals surface area contributed by atoms with E-state index in [4.69, 9.17) is 10.4 Å². The molecule has 1 rings (SSSR count). The number of nitrogens with zero attached hydrogens (tertiary/aromatic N) is 2. The van der Waals surface area contributed by atoms with Gasteiger partial charge in [0, 0.05) is 13.0 Å². The molecule has 0 bridgehead atoms. The van der Waals surface area contributed by atoms with Gasteiger partial charge in [-0.2, -0.15) is 5.26 Å². The lowest BCUT2D eigenvalue weighted by Crippen LogP contribution is -2.19. The predicted molar refractivity (Wildman–Crippen MR) is 69.2 cm³/mol. The molecule has 4 nitrogen and oxygen atoms in total. The highest BCUT2D eigenvalue weighted by atomic mass is 16.4. The van der Waals surface area contributed by atoms with Crippen molar-refractivity contribution in [3.63, 3.8) is 0 Å². The third kappa shape index (κ3) is 4.98. The van der Waals surface area contributed by atoms with E-state index < -0.39 is 5.97 Å². The second-order valence-corrected chi connectivity index (χ2v) is 4.36. The third-order valence-electron chi connectivity index (χ3n) is 2.73. The Balaban J connectivity index is 2.37. The number of unbranched alkanes of at least 4 members (excludes halogenated alkanes) is 2. The zero-order valence-corrected chi connectivity index (χ0v) is 10.6.